The maximum atomic E-state index is 14.9. The summed E-state index contributed by atoms with van der Waals surface area (Å²) in [6.07, 6.45) is 6.91. The quantitative estimate of drug-likeness (QED) is 0.205. The predicted octanol–water partition coefficient (Wildman–Crippen LogP) is 6.76. The topological polar surface area (TPSA) is 142 Å². The molecule has 3 N–H and O–H groups in total. The van der Waals surface area contributed by atoms with Gasteiger partial charge >= 0.3 is 6.09 Å². The van der Waals surface area contributed by atoms with Crippen molar-refractivity contribution in [3.63, 3.8) is 0 Å². The van der Waals surface area contributed by atoms with Gasteiger partial charge in [0.05, 0.1) is 40.8 Å². The fourth-order valence-electron chi connectivity index (χ4n) is 5.91. The average molecular weight is 662 g/mol. The number of fused-ring (bicyclic) bond motifs is 4. The Morgan fingerprint density at radius 3 is 2.66 bits per heavy atom. The number of nitrogens with zero attached hydrogens (tertiary/aromatic N) is 4. The molecule has 11 nitrogen and oxygen atoms in total. The highest BCUT2D eigenvalue weighted by atomic mass is 35.5. The van der Waals surface area contributed by atoms with E-state index in [2.05, 4.69) is 25.6 Å². The van der Waals surface area contributed by atoms with Crippen LogP contribution in [0, 0.1) is 17.6 Å². The third kappa shape index (κ3) is 6.43. The minimum atomic E-state index is -0.911. The van der Waals surface area contributed by atoms with Crippen molar-refractivity contribution in [1.82, 2.24) is 24.8 Å². The van der Waals surface area contributed by atoms with Gasteiger partial charge in [-0.15, -0.1) is 0 Å². The number of halogens is 3. The molecule has 2 aliphatic rings. The van der Waals surface area contributed by atoms with E-state index in [-0.39, 0.29) is 40.9 Å². The molecular formula is C33H30ClF2N7O4. The van der Waals surface area contributed by atoms with Gasteiger partial charge in [-0.05, 0) is 55.2 Å². The van der Waals surface area contributed by atoms with E-state index in [1.165, 1.54) is 19.5 Å². The molecule has 0 fully saturated rings. The third-order valence-electron chi connectivity index (χ3n) is 8.36. The second kappa shape index (κ2) is 13.3. The molecule has 2 bridgehead atoms. The molecule has 2 aromatic heterocycles. The molecule has 0 unspecified atom stereocenters. The van der Waals surface area contributed by atoms with Crippen LogP contribution < -0.4 is 10.6 Å². The Labute approximate surface area is 273 Å². The number of hydrogen-bond acceptors (Lipinski definition) is 7. The largest absolute Gasteiger partial charge is 0.453 e. The first-order chi connectivity index (χ1) is 22.6. The van der Waals surface area contributed by atoms with Crippen LogP contribution in [0.3, 0.4) is 0 Å². The smallest absolute Gasteiger partial charge is 0.411 e. The summed E-state index contributed by atoms with van der Waals surface area (Å²) in [4.78, 5) is 57.3. The Kier molecular flexibility index (Phi) is 8.99. The van der Waals surface area contributed by atoms with Gasteiger partial charge in [0.1, 0.15) is 18.0 Å². The normalized spacial score (nSPS) is 18.3. The lowest BCUT2D eigenvalue weighted by molar-refractivity contribution is -0.129. The van der Waals surface area contributed by atoms with Crippen LogP contribution in [0.25, 0.3) is 28.1 Å². The minimum Gasteiger partial charge on any atom is -0.453 e. The molecule has 242 valence electrons. The number of ether oxygens (including phenoxy) is 1. The van der Waals surface area contributed by atoms with Gasteiger partial charge in [0.15, 0.2) is 5.82 Å². The summed E-state index contributed by atoms with van der Waals surface area (Å²) in [5.74, 6) is -2.29. The highest BCUT2D eigenvalue weighted by Gasteiger charge is 2.33. The van der Waals surface area contributed by atoms with Crippen molar-refractivity contribution in [3.8, 4) is 22.5 Å². The molecule has 47 heavy (non-hydrogen) atoms. The molecule has 2 atom stereocenters. The Hall–Kier alpha value is -5.17. The first kappa shape index (κ1) is 31.8. The second-order valence-electron chi connectivity index (χ2n) is 11.4. The van der Waals surface area contributed by atoms with Gasteiger partial charge < -0.3 is 19.9 Å². The highest BCUT2D eigenvalue weighted by molar-refractivity contribution is 6.31. The molecule has 2 aromatic carbocycles. The number of carbonyl (C=O) groups is 3. The number of imidazole rings is 1. The Morgan fingerprint density at radius 2 is 1.91 bits per heavy atom. The van der Waals surface area contributed by atoms with Gasteiger partial charge in [-0.3, -0.25) is 14.9 Å². The molecule has 3 amide bonds. The van der Waals surface area contributed by atoms with E-state index in [0.29, 0.717) is 59.0 Å². The van der Waals surface area contributed by atoms with Gasteiger partial charge in [-0.1, -0.05) is 24.9 Å². The summed E-state index contributed by atoms with van der Waals surface area (Å²) < 4.78 is 34.3. The molecular weight excluding hydrogens is 632 g/mol. The fraction of sp³-hybridized carbons (Fsp3) is 0.273. The zero-order chi connectivity index (χ0) is 33.2. The maximum Gasteiger partial charge on any atom is 0.411 e. The van der Waals surface area contributed by atoms with Crippen LogP contribution >= 0.6 is 11.6 Å². The summed E-state index contributed by atoms with van der Waals surface area (Å²) in [7, 11) is 1.25. The van der Waals surface area contributed by atoms with E-state index in [9.17, 15) is 23.2 Å². The van der Waals surface area contributed by atoms with Crippen molar-refractivity contribution in [2.45, 2.75) is 38.6 Å². The van der Waals surface area contributed by atoms with Gasteiger partial charge in [0.2, 0.25) is 11.8 Å². The summed E-state index contributed by atoms with van der Waals surface area (Å²) >= 11 is 5.93. The number of H-pyrrole nitrogens is 1. The summed E-state index contributed by atoms with van der Waals surface area (Å²) in [6, 6.07) is 6.64. The molecule has 0 saturated carbocycles. The van der Waals surface area contributed by atoms with Crippen LogP contribution in [0.5, 0.6) is 0 Å². The number of benzene rings is 2. The molecule has 0 saturated heterocycles. The number of nitrogens with one attached hydrogen (secondary N) is 3. The fourth-order valence-corrected chi connectivity index (χ4v) is 6.07. The molecule has 14 heteroatoms. The number of methoxy groups -OCH3 is 1. The highest BCUT2D eigenvalue weighted by Crippen LogP contribution is 2.40. The van der Waals surface area contributed by atoms with E-state index in [1.807, 2.05) is 6.92 Å². The van der Waals surface area contributed by atoms with Gasteiger partial charge in [0.25, 0.3) is 0 Å². The Bertz CT molecular complexity index is 1900. The first-order valence-corrected chi connectivity index (χ1v) is 15.3. The van der Waals surface area contributed by atoms with Crippen LogP contribution in [0.4, 0.5) is 25.0 Å². The van der Waals surface area contributed by atoms with Crippen molar-refractivity contribution >= 4 is 46.5 Å². The van der Waals surface area contributed by atoms with Crippen molar-refractivity contribution in [1.29, 1.82) is 0 Å². The van der Waals surface area contributed by atoms with Crippen molar-refractivity contribution in [3.05, 3.63) is 83.2 Å². The number of amides is 3. The monoisotopic (exact) mass is 661 g/mol. The van der Waals surface area contributed by atoms with Crippen LogP contribution in [0.15, 0.2) is 55.1 Å². The summed E-state index contributed by atoms with van der Waals surface area (Å²) in [5, 5.41) is 5.38. The van der Waals surface area contributed by atoms with Crippen LogP contribution in [0.2, 0.25) is 5.02 Å². The minimum absolute atomic E-state index is 0.162. The maximum absolute atomic E-state index is 14.9. The first-order valence-electron chi connectivity index (χ1n) is 14.9. The Balaban J connectivity index is 1.46. The molecule has 4 heterocycles. The summed E-state index contributed by atoms with van der Waals surface area (Å²) in [6.45, 7) is 1.98. The van der Waals surface area contributed by atoms with Crippen molar-refractivity contribution < 1.29 is 27.9 Å². The lowest BCUT2D eigenvalue weighted by Gasteiger charge is -2.33. The van der Waals surface area contributed by atoms with Crippen LogP contribution in [-0.4, -0.2) is 56.4 Å². The van der Waals surface area contributed by atoms with Crippen molar-refractivity contribution in [2.75, 3.05) is 24.3 Å². The zero-order valence-corrected chi connectivity index (χ0v) is 26.2. The second-order valence-corrected chi connectivity index (χ2v) is 11.8. The molecule has 0 aliphatic carbocycles. The van der Waals surface area contributed by atoms with Gasteiger partial charge in [-0.25, -0.2) is 28.5 Å². The number of hydrogen-bond donors (Lipinski definition) is 3. The zero-order valence-electron chi connectivity index (χ0n) is 25.4. The molecule has 0 spiro atoms. The Morgan fingerprint density at radius 1 is 1.13 bits per heavy atom. The van der Waals surface area contributed by atoms with E-state index in [1.54, 1.807) is 35.5 Å². The van der Waals surface area contributed by atoms with Crippen LogP contribution in [0.1, 0.15) is 50.0 Å². The number of anilines is 2. The SMILES string of the molecule is COC(=O)Nc1ccc2c(c1)NC(=O)[C@H](C)CCC[C@H](N1CCC(c3c(F)ccc(Cl)c3F)=CC1=O)c1nc-2c(-c2cncnc2)[nH]1. The number of aromatic nitrogens is 4. The molecule has 2 aliphatic heterocycles. The average Bonchev–Trinajstić information content (AvgIpc) is 3.50. The lowest BCUT2D eigenvalue weighted by Crippen LogP contribution is -2.38. The number of aromatic amines is 1. The molecule has 6 rings (SSSR count). The lowest BCUT2D eigenvalue weighted by atomic mass is 9.95. The number of rotatable bonds is 4. The van der Waals surface area contributed by atoms with E-state index in [0.717, 1.165) is 12.1 Å². The molecule has 4 aromatic rings. The predicted molar refractivity (Wildman–Crippen MR) is 171 cm³/mol. The van der Waals surface area contributed by atoms with Crippen LogP contribution in [-0.2, 0) is 14.3 Å². The van der Waals surface area contributed by atoms with Crippen molar-refractivity contribution in [2.24, 2.45) is 5.92 Å². The van der Waals surface area contributed by atoms with E-state index in [4.69, 9.17) is 21.3 Å². The number of carbonyl (C=O) groups excluding carboxylic acids is 3. The third-order valence-corrected chi connectivity index (χ3v) is 8.65. The molecule has 0 radical (unpaired) electrons. The van der Waals surface area contributed by atoms with Gasteiger partial charge in [0, 0.05) is 47.7 Å². The van der Waals surface area contributed by atoms with E-state index < -0.39 is 29.7 Å². The standard InChI is InChI=1S/C33H30ClF2N7O4/c1-17-4-3-5-25(43-11-10-18(12-26(43)44)27-23(35)9-8-22(34)28(27)36)31-41-29(19-14-37-16-38-15-19)30(42-31)21-7-6-20(39-33(46)47-2)13-24(21)40-32(17)45/h6-9,12-17,25H,3-5,10-11H2,1-2H3,(H,39,46)(H,40,45)(H,41,42)/t17-,25+/m1/s1. The van der Waals surface area contributed by atoms with E-state index >= 15 is 0 Å². The van der Waals surface area contributed by atoms with Gasteiger partial charge in [-0.2, -0.15) is 0 Å². The summed E-state index contributed by atoms with van der Waals surface area (Å²) in [5.41, 5.74) is 2.85.